The van der Waals surface area contributed by atoms with Gasteiger partial charge in [-0.15, -0.1) is 11.3 Å². The maximum Gasteiger partial charge on any atom is 0.240 e. The van der Waals surface area contributed by atoms with Crippen molar-refractivity contribution in [3.8, 4) is 40.1 Å². The lowest BCUT2D eigenvalue weighted by atomic mass is 9.96. The van der Waals surface area contributed by atoms with Crippen LogP contribution in [0.5, 0.6) is 0 Å². The summed E-state index contributed by atoms with van der Waals surface area (Å²) in [5.41, 5.74) is 10.4. The van der Waals surface area contributed by atoms with Gasteiger partial charge >= 0.3 is 0 Å². The topological polar surface area (TPSA) is 53.5 Å². The minimum Gasteiger partial charge on any atom is -0.308 e. The van der Waals surface area contributed by atoms with Gasteiger partial charge in [0.05, 0.1) is 44.4 Å². The summed E-state index contributed by atoms with van der Waals surface area (Å²) in [6.45, 7) is 0. The van der Waals surface area contributed by atoms with Crippen LogP contribution < -0.4 is 0 Å². The molecule has 0 fully saturated rings. The van der Waals surface area contributed by atoms with E-state index in [0.29, 0.717) is 17.7 Å². The number of hydrogen-bond donors (Lipinski definition) is 0. The summed E-state index contributed by atoms with van der Waals surface area (Å²) in [5, 5.41) is 9.47. The zero-order valence-corrected chi connectivity index (χ0v) is 35.0. The number of thiophene rings is 1. The Hall–Kier alpha value is -8.39. The molecular weight excluding hydrogens is 801 g/mol. The molecule has 14 aromatic rings. The number of aromatic nitrogens is 6. The van der Waals surface area contributed by atoms with Crippen LogP contribution in [0.25, 0.3) is 126 Å². The Balaban J connectivity index is 1.15. The monoisotopic (exact) mass is 834 g/mol. The number of benzene rings is 9. The van der Waals surface area contributed by atoms with Gasteiger partial charge in [0.15, 0.2) is 5.82 Å². The summed E-state index contributed by atoms with van der Waals surface area (Å²) in [5.74, 6) is 1.66. The van der Waals surface area contributed by atoms with Crippen molar-refractivity contribution in [1.29, 1.82) is 0 Å². The van der Waals surface area contributed by atoms with E-state index < -0.39 is 0 Å². The molecule has 298 valence electrons. The molecule has 0 aliphatic rings. The normalized spacial score (nSPS) is 12.1. The lowest BCUT2D eigenvalue weighted by molar-refractivity contribution is 0.892. The molecule has 0 bridgehead atoms. The fourth-order valence-electron chi connectivity index (χ4n) is 10.2. The smallest absolute Gasteiger partial charge is 0.240 e. The molecule has 0 radical (unpaired) electrons. The minimum atomic E-state index is 0.544. The van der Waals surface area contributed by atoms with Crippen molar-refractivity contribution in [3.63, 3.8) is 0 Å². The molecule has 0 saturated carbocycles. The fourth-order valence-corrected chi connectivity index (χ4v) is 11.4. The largest absolute Gasteiger partial charge is 0.308 e. The molecule has 64 heavy (non-hydrogen) atoms. The highest BCUT2D eigenvalue weighted by molar-refractivity contribution is 7.25. The Labute approximate surface area is 370 Å². The molecule has 5 heterocycles. The third-order valence-corrected chi connectivity index (χ3v) is 14.1. The highest BCUT2D eigenvalue weighted by Crippen LogP contribution is 2.44. The highest BCUT2D eigenvalue weighted by Gasteiger charge is 2.25. The predicted molar refractivity (Wildman–Crippen MR) is 267 cm³/mol. The first-order valence-corrected chi connectivity index (χ1v) is 22.4. The molecular formula is C57H34N6S. The first-order valence-electron chi connectivity index (χ1n) is 21.5. The summed E-state index contributed by atoms with van der Waals surface area (Å²) >= 11 is 1.83. The standard InChI is InChI=1S/C57H34N6S/c1-8-24-45-37(16-1)38-17-2-9-25-46(38)61(45)51-30-15-23-36(35-32-33-44-43-22-7-14-31-52(43)64-53(44)34-35)54(51)55-58-56(62-47-26-10-3-18-39(47)40-19-4-11-27-48(40)62)60-57(59-55)63-49-28-12-5-20-41(49)42-21-6-13-29-50(42)63/h1-34H. The minimum absolute atomic E-state index is 0.544. The van der Waals surface area contributed by atoms with Gasteiger partial charge < -0.3 is 4.57 Å². The van der Waals surface area contributed by atoms with Crippen LogP contribution in [0.1, 0.15) is 0 Å². The van der Waals surface area contributed by atoms with Crippen LogP contribution in [0.4, 0.5) is 0 Å². The van der Waals surface area contributed by atoms with Crippen molar-refractivity contribution in [3.05, 3.63) is 206 Å². The second kappa shape index (κ2) is 13.6. The number of hydrogen-bond acceptors (Lipinski definition) is 4. The van der Waals surface area contributed by atoms with E-state index in [2.05, 4.69) is 220 Å². The van der Waals surface area contributed by atoms with Gasteiger partial charge in [-0.05, 0) is 65.7 Å². The molecule has 0 spiro atoms. The summed E-state index contributed by atoms with van der Waals surface area (Å²) in [7, 11) is 0. The predicted octanol–water partition coefficient (Wildman–Crippen LogP) is 14.9. The number of para-hydroxylation sites is 6. The lowest BCUT2D eigenvalue weighted by Gasteiger charge is -2.19. The van der Waals surface area contributed by atoms with Crippen LogP contribution >= 0.6 is 11.3 Å². The van der Waals surface area contributed by atoms with Crippen LogP contribution in [-0.4, -0.2) is 28.7 Å². The average Bonchev–Trinajstić information content (AvgIpc) is 4.10. The molecule has 0 aliphatic heterocycles. The van der Waals surface area contributed by atoms with Crippen molar-refractivity contribution in [2.45, 2.75) is 0 Å². The zero-order valence-electron chi connectivity index (χ0n) is 34.2. The SMILES string of the molecule is c1cc(-c2ccc3c(c2)sc2ccccc23)c(-c2nc(-n3c4ccccc4c4ccccc43)nc(-n3c4ccccc4c4ccccc43)n2)c(-n2c3ccccc3c3ccccc32)c1. The summed E-state index contributed by atoms with van der Waals surface area (Å²) in [6, 6.07) is 73.7. The lowest BCUT2D eigenvalue weighted by Crippen LogP contribution is -2.11. The molecule has 5 aromatic heterocycles. The van der Waals surface area contributed by atoms with Crippen LogP contribution in [0.15, 0.2) is 206 Å². The van der Waals surface area contributed by atoms with E-state index in [1.165, 1.54) is 30.9 Å². The average molecular weight is 835 g/mol. The van der Waals surface area contributed by atoms with Gasteiger partial charge in [0, 0.05) is 52.5 Å². The highest BCUT2D eigenvalue weighted by atomic mass is 32.1. The van der Waals surface area contributed by atoms with Gasteiger partial charge in [-0.25, -0.2) is 0 Å². The fraction of sp³-hybridized carbons (Fsp3) is 0. The molecule has 9 aromatic carbocycles. The summed E-state index contributed by atoms with van der Waals surface area (Å²) in [6.07, 6.45) is 0. The maximum atomic E-state index is 5.65. The Morgan fingerprint density at radius 2 is 0.719 bits per heavy atom. The molecule has 0 atom stereocenters. The van der Waals surface area contributed by atoms with Gasteiger partial charge in [-0.1, -0.05) is 152 Å². The van der Waals surface area contributed by atoms with E-state index in [1.54, 1.807) is 0 Å². The molecule has 7 heteroatoms. The second-order valence-corrected chi connectivity index (χ2v) is 17.5. The Kier molecular flexibility index (Phi) is 7.46. The summed E-state index contributed by atoms with van der Waals surface area (Å²) < 4.78 is 9.32. The maximum absolute atomic E-state index is 5.65. The molecule has 0 aliphatic carbocycles. The Morgan fingerprint density at radius 3 is 1.20 bits per heavy atom. The first-order chi connectivity index (χ1) is 31.8. The number of fused-ring (bicyclic) bond motifs is 12. The quantitative estimate of drug-likeness (QED) is 0.174. The Bertz CT molecular complexity index is 3930. The van der Waals surface area contributed by atoms with Gasteiger partial charge in [-0.2, -0.15) is 15.0 Å². The molecule has 0 N–H and O–H groups in total. The third-order valence-electron chi connectivity index (χ3n) is 12.9. The van der Waals surface area contributed by atoms with Crippen molar-refractivity contribution in [2.75, 3.05) is 0 Å². The third kappa shape index (κ3) is 5.04. The van der Waals surface area contributed by atoms with Gasteiger partial charge in [0.1, 0.15) is 0 Å². The van der Waals surface area contributed by atoms with Crippen molar-refractivity contribution in [1.82, 2.24) is 28.7 Å². The van der Waals surface area contributed by atoms with E-state index in [4.69, 9.17) is 15.0 Å². The number of nitrogens with zero attached hydrogens (tertiary/aromatic N) is 6. The first kappa shape index (κ1) is 35.2. The molecule has 0 amide bonds. The summed E-state index contributed by atoms with van der Waals surface area (Å²) in [4.78, 5) is 16.8. The van der Waals surface area contributed by atoms with Crippen LogP contribution in [-0.2, 0) is 0 Å². The molecule has 6 nitrogen and oxygen atoms in total. The Morgan fingerprint density at radius 1 is 0.312 bits per heavy atom. The second-order valence-electron chi connectivity index (χ2n) is 16.4. The molecule has 14 rings (SSSR count). The van der Waals surface area contributed by atoms with Crippen molar-refractivity contribution >= 4 is 96.9 Å². The zero-order chi connectivity index (χ0) is 41.9. The molecule has 0 unspecified atom stereocenters. The van der Waals surface area contributed by atoms with Crippen LogP contribution in [0, 0.1) is 0 Å². The van der Waals surface area contributed by atoms with Crippen LogP contribution in [0.2, 0.25) is 0 Å². The van der Waals surface area contributed by atoms with Gasteiger partial charge in [0.25, 0.3) is 0 Å². The van der Waals surface area contributed by atoms with Crippen LogP contribution in [0.3, 0.4) is 0 Å². The number of rotatable bonds is 5. The van der Waals surface area contributed by atoms with Gasteiger partial charge in [0.2, 0.25) is 11.9 Å². The van der Waals surface area contributed by atoms with Crippen molar-refractivity contribution in [2.24, 2.45) is 0 Å². The molecule has 0 saturated heterocycles. The van der Waals surface area contributed by atoms with Gasteiger partial charge in [-0.3, -0.25) is 9.13 Å². The van der Waals surface area contributed by atoms with E-state index in [0.717, 1.165) is 77.0 Å². The van der Waals surface area contributed by atoms with E-state index in [9.17, 15) is 0 Å². The van der Waals surface area contributed by atoms with E-state index >= 15 is 0 Å². The van der Waals surface area contributed by atoms with Crippen molar-refractivity contribution < 1.29 is 0 Å². The van der Waals surface area contributed by atoms with E-state index in [1.807, 2.05) is 11.3 Å². The van der Waals surface area contributed by atoms with E-state index in [-0.39, 0.29) is 0 Å².